The predicted molar refractivity (Wildman–Crippen MR) is 116 cm³/mol. The van der Waals surface area contributed by atoms with Crippen LogP contribution in [-0.2, 0) is 0 Å². The lowest BCUT2D eigenvalue weighted by Gasteiger charge is -2.32. The van der Waals surface area contributed by atoms with Crippen LogP contribution in [0.25, 0.3) is 17.1 Å². The molecule has 1 saturated heterocycles. The Morgan fingerprint density at radius 2 is 1.70 bits per heavy atom. The SMILES string of the molecule is CN1CCN(CCCOc2nc(-c3ccc(F)cc3)n(-c3ccc(Cl)cc3)n2)CC1. The van der Waals surface area contributed by atoms with E-state index in [2.05, 4.69) is 26.9 Å². The zero-order chi connectivity index (χ0) is 20.9. The van der Waals surface area contributed by atoms with Crippen LogP contribution in [0.15, 0.2) is 48.5 Å². The van der Waals surface area contributed by atoms with Crippen molar-refractivity contribution in [2.75, 3.05) is 46.4 Å². The third-order valence-corrected chi connectivity index (χ3v) is 5.46. The van der Waals surface area contributed by atoms with Crippen molar-refractivity contribution in [2.24, 2.45) is 0 Å². The Hall–Kier alpha value is -2.48. The number of nitrogens with zero attached hydrogens (tertiary/aromatic N) is 5. The molecule has 1 aromatic heterocycles. The lowest BCUT2D eigenvalue weighted by Crippen LogP contribution is -2.44. The Morgan fingerprint density at radius 3 is 2.40 bits per heavy atom. The fourth-order valence-electron chi connectivity index (χ4n) is 3.43. The van der Waals surface area contributed by atoms with Crippen LogP contribution in [0.1, 0.15) is 6.42 Å². The van der Waals surface area contributed by atoms with Gasteiger partial charge in [0.1, 0.15) is 5.82 Å². The highest BCUT2D eigenvalue weighted by molar-refractivity contribution is 6.30. The molecule has 0 saturated carbocycles. The molecule has 1 aliphatic rings. The van der Waals surface area contributed by atoms with E-state index < -0.39 is 0 Å². The van der Waals surface area contributed by atoms with E-state index in [0.29, 0.717) is 23.5 Å². The minimum absolute atomic E-state index is 0.295. The molecule has 1 fully saturated rings. The number of hydrogen-bond donors (Lipinski definition) is 0. The monoisotopic (exact) mass is 429 g/mol. The fraction of sp³-hybridized carbons (Fsp3) is 0.364. The van der Waals surface area contributed by atoms with E-state index in [-0.39, 0.29) is 5.82 Å². The van der Waals surface area contributed by atoms with Gasteiger partial charge in [-0.1, -0.05) is 11.6 Å². The summed E-state index contributed by atoms with van der Waals surface area (Å²) in [5.74, 6) is 0.295. The van der Waals surface area contributed by atoms with Gasteiger partial charge < -0.3 is 14.5 Å². The average Bonchev–Trinajstić information content (AvgIpc) is 3.18. The van der Waals surface area contributed by atoms with Gasteiger partial charge in [-0.25, -0.2) is 9.07 Å². The molecule has 0 radical (unpaired) electrons. The van der Waals surface area contributed by atoms with Gasteiger partial charge in [0.05, 0.1) is 12.3 Å². The average molecular weight is 430 g/mol. The largest absolute Gasteiger partial charge is 0.462 e. The summed E-state index contributed by atoms with van der Waals surface area (Å²) in [5.41, 5.74) is 1.56. The third-order valence-electron chi connectivity index (χ3n) is 5.21. The smallest absolute Gasteiger partial charge is 0.336 e. The molecule has 30 heavy (non-hydrogen) atoms. The highest BCUT2D eigenvalue weighted by Gasteiger charge is 2.16. The maximum Gasteiger partial charge on any atom is 0.336 e. The highest BCUT2D eigenvalue weighted by atomic mass is 35.5. The summed E-state index contributed by atoms with van der Waals surface area (Å²) < 4.78 is 20.9. The molecule has 0 aliphatic carbocycles. The molecule has 2 heterocycles. The summed E-state index contributed by atoms with van der Waals surface area (Å²) in [6.45, 7) is 5.93. The van der Waals surface area contributed by atoms with Crippen LogP contribution in [0.5, 0.6) is 6.01 Å². The lowest BCUT2D eigenvalue weighted by atomic mass is 10.2. The summed E-state index contributed by atoms with van der Waals surface area (Å²) in [6, 6.07) is 13.8. The first-order chi connectivity index (χ1) is 14.6. The maximum absolute atomic E-state index is 13.4. The van der Waals surface area contributed by atoms with Gasteiger partial charge in [-0.15, -0.1) is 5.10 Å². The number of piperazine rings is 1. The van der Waals surface area contributed by atoms with E-state index in [4.69, 9.17) is 16.3 Å². The van der Waals surface area contributed by atoms with Gasteiger partial charge in [-0.05, 0) is 62.0 Å². The van der Waals surface area contributed by atoms with Crippen LogP contribution in [0, 0.1) is 5.82 Å². The van der Waals surface area contributed by atoms with Gasteiger partial charge in [-0.3, -0.25) is 0 Å². The van der Waals surface area contributed by atoms with Gasteiger partial charge in [-0.2, -0.15) is 4.98 Å². The number of benzene rings is 2. The van der Waals surface area contributed by atoms with E-state index in [9.17, 15) is 4.39 Å². The second kappa shape index (κ2) is 9.55. The first-order valence-electron chi connectivity index (χ1n) is 10.1. The molecule has 8 heteroatoms. The van der Waals surface area contributed by atoms with Crippen LogP contribution in [0.3, 0.4) is 0 Å². The number of hydrogen-bond acceptors (Lipinski definition) is 5. The highest BCUT2D eigenvalue weighted by Crippen LogP contribution is 2.24. The zero-order valence-corrected chi connectivity index (χ0v) is 17.7. The standard InChI is InChI=1S/C22H25ClFN5O/c1-27-12-14-28(15-13-27)11-2-16-30-22-25-21(17-3-7-19(24)8-4-17)29(26-22)20-9-5-18(23)6-10-20/h3-10H,2,11-16H2,1H3. The van der Waals surface area contributed by atoms with Gasteiger partial charge in [0.2, 0.25) is 0 Å². The second-order valence-electron chi connectivity index (χ2n) is 7.46. The van der Waals surface area contributed by atoms with E-state index in [1.165, 1.54) is 12.1 Å². The molecular weight excluding hydrogens is 405 g/mol. The van der Waals surface area contributed by atoms with Crippen molar-refractivity contribution in [3.05, 3.63) is 59.4 Å². The molecule has 0 atom stereocenters. The lowest BCUT2D eigenvalue weighted by molar-refractivity contribution is 0.144. The Labute approximate surface area is 180 Å². The van der Waals surface area contributed by atoms with Gasteiger partial charge in [0, 0.05) is 43.3 Å². The molecule has 158 valence electrons. The fourth-order valence-corrected chi connectivity index (χ4v) is 3.55. The summed E-state index contributed by atoms with van der Waals surface area (Å²) in [6.07, 6.45) is 0.908. The summed E-state index contributed by atoms with van der Waals surface area (Å²) in [5, 5.41) is 5.17. The van der Waals surface area contributed by atoms with Crippen molar-refractivity contribution in [3.8, 4) is 23.1 Å². The molecule has 4 rings (SSSR count). The summed E-state index contributed by atoms with van der Waals surface area (Å²) >= 11 is 6.02. The third kappa shape index (κ3) is 5.16. The Balaban J connectivity index is 1.46. The number of rotatable bonds is 7. The number of likely N-dealkylation sites (N-methyl/N-ethyl adjacent to an activating group) is 1. The van der Waals surface area contributed by atoms with Crippen LogP contribution >= 0.6 is 11.6 Å². The second-order valence-corrected chi connectivity index (χ2v) is 7.90. The number of ether oxygens (including phenoxy) is 1. The van der Waals surface area contributed by atoms with Gasteiger partial charge >= 0.3 is 6.01 Å². The first kappa shape index (κ1) is 20.8. The normalized spacial score (nSPS) is 15.4. The zero-order valence-electron chi connectivity index (χ0n) is 17.0. The van der Waals surface area contributed by atoms with Crippen LogP contribution in [0.4, 0.5) is 4.39 Å². The molecule has 0 bridgehead atoms. The van der Waals surface area contributed by atoms with Gasteiger partial charge in [0.15, 0.2) is 5.82 Å². The van der Waals surface area contributed by atoms with Crippen molar-refractivity contribution < 1.29 is 9.13 Å². The van der Waals surface area contributed by atoms with Gasteiger partial charge in [0.25, 0.3) is 0 Å². The maximum atomic E-state index is 13.4. The number of halogens is 2. The molecule has 0 amide bonds. The Morgan fingerprint density at radius 1 is 1.00 bits per heavy atom. The van der Waals surface area contributed by atoms with Crippen molar-refractivity contribution in [3.63, 3.8) is 0 Å². The molecule has 0 N–H and O–H groups in total. The summed E-state index contributed by atoms with van der Waals surface area (Å²) in [7, 11) is 2.15. The van der Waals surface area contributed by atoms with E-state index in [0.717, 1.165) is 50.4 Å². The molecule has 3 aromatic rings. The minimum Gasteiger partial charge on any atom is -0.462 e. The Kier molecular flexibility index (Phi) is 6.62. The molecule has 1 aliphatic heterocycles. The van der Waals surface area contributed by atoms with Crippen molar-refractivity contribution in [2.45, 2.75) is 6.42 Å². The van der Waals surface area contributed by atoms with Crippen molar-refractivity contribution >= 4 is 11.6 Å². The summed E-state index contributed by atoms with van der Waals surface area (Å²) in [4.78, 5) is 9.35. The minimum atomic E-state index is -0.295. The molecule has 6 nitrogen and oxygen atoms in total. The molecule has 0 spiro atoms. The van der Waals surface area contributed by atoms with Crippen LogP contribution < -0.4 is 4.74 Å². The van der Waals surface area contributed by atoms with Crippen molar-refractivity contribution in [1.29, 1.82) is 0 Å². The number of aromatic nitrogens is 3. The topological polar surface area (TPSA) is 46.4 Å². The first-order valence-corrected chi connectivity index (χ1v) is 10.5. The Bertz CT molecular complexity index is 890. The van der Waals surface area contributed by atoms with Crippen molar-refractivity contribution in [1.82, 2.24) is 24.6 Å². The molecule has 0 unspecified atom stereocenters. The van der Waals surface area contributed by atoms with Crippen LogP contribution in [0.2, 0.25) is 5.02 Å². The van der Waals surface area contributed by atoms with E-state index in [1.807, 2.05) is 12.1 Å². The quantitative estimate of drug-likeness (QED) is 0.535. The predicted octanol–water partition coefficient (Wildman–Crippen LogP) is 3.74. The van der Waals surface area contributed by atoms with E-state index >= 15 is 0 Å². The van der Waals surface area contributed by atoms with E-state index in [1.54, 1.807) is 28.9 Å². The van der Waals surface area contributed by atoms with Crippen LogP contribution in [-0.4, -0.2) is 70.9 Å². The molecular formula is C22H25ClFN5O. The molecule has 2 aromatic carbocycles.